The van der Waals surface area contributed by atoms with Crippen LogP contribution in [-0.2, 0) is 0 Å². The number of fused-ring (bicyclic) bond motifs is 1. The molecule has 4 heteroatoms. The van der Waals surface area contributed by atoms with E-state index < -0.39 is 5.97 Å². The van der Waals surface area contributed by atoms with E-state index in [2.05, 4.69) is 9.55 Å². The Morgan fingerprint density at radius 2 is 2.11 bits per heavy atom. The molecule has 1 aliphatic rings. The molecular formula is C14H16N2O2. The van der Waals surface area contributed by atoms with Gasteiger partial charge in [-0.3, -0.25) is 0 Å². The van der Waals surface area contributed by atoms with Crippen LogP contribution in [0.2, 0.25) is 0 Å². The Morgan fingerprint density at radius 1 is 1.39 bits per heavy atom. The van der Waals surface area contributed by atoms with Gasteiger partial charge in [0.2, 0.25) is 0 Å². The van der Waals surface area contributed by atoms with Gasteiger partial charge in [-0.1, -0.05) is 12.8 Å². The number of hydrogen-bond acceptors (Lipinski definition) is 2. The maximum absolute atomic E-state index is 11.1. The molecule has 4 nitrogen and oxygen atoms in total. The number of aryl methyl sites for hydroxylation is 1. The zero-order chi connectivity index (χ0) is 12.7. The van der Waals surface area contributed by atoms with E-state index in [4.69, 9.17) is 5.11 Å². The van der Waals surface area contributed by atoms with Crippen molar-refractivity contribution < 1.29 is 9.90 Å². The van der Waals surface area contributed by atoms with Gasteiger partial charge in [0.25, 0.3) is 0 Å². The molecule has 1 aromatic carbocycles. The number of carbonyl (C=O) groups is 1. The average molecular weight is 244 g/mol. The van der Waals surface area contributed by atoms with E-state index in [1.807, 2.05) is 6.92 Å². The lowest BCUT2D eigenvalue weighted by Gasteiger charge is -2.14. The van der Waals surface area contributed by atoms with Crippen molar-refractivity contribution in [2.75, 3.05) is 0 Å². The van der Waals surface area contributed by atoms with Gasteiger partial charge in [0.05, 0.1) is 16.6 Å². The van der Waals surface area contributed by atoms with Gasteiger partial charge in [0, 0.05) is 6.04 Å². The lowest BCUT2D eigenvalue weighted by molar-refractivity contribution is 0.0697. The Bertz CT molecular complexity index is 610. The first-order chi connectivity index (χ1) is 8.66. The Kier molecular flexibility index (Phi) is 2.58. The van der Waals surface area contributed by atoms with Crippen LogP contribution in [0.1, 0.15) is 47.9 Å². The van der Waals surface area contributed by atoms with Gasteiger partial charge in [-0.2, -0.15) is 0 Å². The van der Waals surface area contributed by atoms with Gasteiger partial charge in [-0.15, -0.1) is 0 Å². The molecule has 1 N–H and O–H groups in total. The number of carboxylic acid groups (broad SMARTS) is 1. The number of aromatic carboxylic acids is 1. The first-order valence-corrected chi connectivity index (χ1v) is 6.38. The number of hydrogen-bond donors (Lipinski definition) is 1. The maximum Gasteiger partial charge on any atom is 0.335 e. The molecule has 0 bridgehead atoms. The van der Waals surface area contributed by atoms with Crippen molar-refractivity contribution in [3.05, 3.63) is 29.6 Å². The SMILES string of the molecule is Cc1nc2ccc(C(=O)O)cc2n1C1CCCC1. The van der Waals surface area contributed by atoms with Crippen LogP contribution in [-0.4, -0.2) is 20.6 Å². The minimum atomic E-state index is -0.881. The number of imidazole rings is 1. The van der Waals surface area contributed by atoms with E-state index in [0.717, 1.165) is 16.9 Å². The average Bonchev–Trinajstić information content (AvgIpc) is 2.93. The van der Waals surface area contributed by atoms with E-state index in [0.29, 0.717) is 11.6 Å². The zero-order valence-electron chi connectivity index (χ0n) is 10.4. The monoisotopic (exact) mass is 244 g/mol. The second kappa shape index (κ2) is 4.12. The van der Waals surface area contributed by atoms with Crippen LogP contribution in [0.4, 0.5) is 0 Å². The summed E-state index contributed by atoms with van der Waals surface area (Å²) >= 11 is 0. The largest absolute Gasteiger partial charge is 0.478 e. The van der Waals surface area contributed by atoms with Crippen LogP contribution in [0.3, 0.4) is 0 Å². The number of carboxylic acids is 1. The van der Waals surface area contributed by atoms with Gasteiger partial charge in [-0.05, 0) is 38.0 Å². The van der Waals surface area contributed by atoms with Crippen LogP contribution in [0, 0.1) is 6.92 Å². The van der Waals surface area contributed by atoms with Crippen LogP contribution < -0.4 is 0 Å². The third-order valence-corrected chi connectivity index (χ3v) is 3.80. The smallest absolute Gasteiger partial charge is 0.335 e. The highest BCUT2D eigenvalue weighted by atomic mass is 16.4. The third-order valence-electron chi connectivity index (χ3n) is 3.80. The third kappa shape index (κ3) is 1.68. The fourth-order valence-electron chi connectivity index (χ4n) is 2.97. The molecule has 2 aromatic rings. The summed E-state index contributed by atoms with van der Waals surface area (Å²) in [4.78, 5) is 15.6. The Balaban J connectivity index is 2.19. The van der Waals surface area contributed by atoms with Crippen LogP contribution >= 0.6 is 0 Å². The van der Waals surface area contributed by atoms with Crippen molar-refractivity contribution in [2.45, 2.75) is 38.6 Å². The summed E-state index contributed by atoms with van der Waals surface area (Å²) in [5.74, 6) is 0.105. The van der Waals surface area contributed by atoms with Gasteiger partial charge in [0.1, 0.15) is 5.82 Å². The molecule has 0 spiro atoms. The maximum atomic E-state index is 11.1. The summed E-state index contributed by atoms with van der Waals surface area (Å²) in [5, 5.41) is 9.08. The minimum absolute atomic E-state index is 0.335. The molecule has 0 unspecified atom stereocenters. The predicted molar refractivity (Wildman–Crippen MR) is 68.9 cm³/mol. The predicted octanol–water partition coefficient (Wildman–Crippen LogP) is 3.16. The zero-order valence-corrected chi connectivity index (χ0v) is 10.4. The standard InChI is InChI=1S/C14H16N2O2/c1-9-15-12-7-6-10(14(17)18)8-13(12)16(9)11-4-2-3-5-11/h6-8,11H,2-5H2,1H3,(H,17,18). The molecule has 18 heavy (non-hydrogen) atoms. The van der Waals surface area contributed by atoms with Crippen molar-refractivity contribution in [1.82, 2.24) is 9.55 Å². The number of rotatable bonds is 2. The first-order valence-electron chi connectivity index (χ1n) is 6.38. The fourth-order valence-corrected chi connectivity index (χ4v) is 2.97. The lowest BCUT2D eigenvalue weighted by atomic mass is 10.2. The molecule has 1 fully saturated rings. The van der Waals surface area contributed by atoms with Crippen LogP contribution in [0.5, 0.6) is 0 Å². The highest BCUT2D eigenvalue weighted by Crippen LogP contribution is 2.33. The molecule has 0 atom stereocenters. The van der Waals surface area contributed by atoms with Crippen molar-refractivity contribution in [3.63, 3.8) is 0 Å². The highest BCUT2D eigenvalue weighted by molar-refractivity contribution is 5.92. The van der Waals surface area contributed by atoms with Crippen molar-refractivity contribution in [3.8, 4) is 0 Å². The Labute approximate surface area is 105 Å². The first kappa shape index (κ1) is 11.3. The van der Waals surface area contributed by atoms with E-state index in [-0.39, 0.29) is 0 Å². The minimum Gasteiger partial charge on any atom is -0.478 e. The fraction of sp³-hybridized carbons (Fsp3) is 0.429. The molecule has 0 radical (unpaired) electrons. The number of benzene rings is 1. The molecule has 0 amide bonds. The normalized spacial score (nSPS) is 16.5. The van der Waals surface area contributed by atoms with E-state index in [1.54, 1.807) is 18.2 Å². The van der Waals surface area contributed by atoms with Crippen molar-refractivity contribution >= 4 is 17.0 Å². The van der Waals surface area contributed by atoms with Gasteiger partial charge in [0.15, 0.2) is 0 Å². The second-order valence-electron chi connectivity index (χ2n) is 4.98. The molecular weight excluding hydrogens is 228 g/mol. The lowest BCUT2D eigenvalue weighted by Crippen LogP contribution is -2.07. The molecule has 0 aliphatic heterocycles. The molecule has 1 heterocycles. The molecule has 1 saturated carbocycles. The summed E-state index contributed by atoms with van der Waals surface area (Å²) < 4.78 is 2.22. The molecule has 0 saturated heterocycles. The summed E-state index contributed by atoms with van der Waals surface area (Å²) in [6.45, 7) is 2.00. The van der Waals surface area contributed by atoms with E-state index in [1.165, 1.54) is 25.7 Å². The summed E-state index contributed by atoms with van der Waals surface area (Å²) in [5.41, 5.74) is 2.19. The summed E-state index contributed by atoms with van der Waals surface area (Å²) in [7, 11) is 0. The topological polar surface area (TPSA) is 55.1 Å². The Morgan fingerprint density at radius 3 is 2.78 bits per heavy atom. The second-order valence-corrected chi connectivity index (χ2v) is 4.98. The number of nitrogens with zero attached hydrogens (tertiary/aromatic N) is 2. The van der Waals surface area contributed by atoms with Crippen LogP contribution in [0.15, 0.2) is 18.2 Å². The van der Waals surface area contributed by atoms with Gasteiger partial charge < -0.3 is 9.67 Å². The van der Waals surface area contributed by atoms with E-state index >= 15 is 0 Å². The summed E-state index contributed by atoms with van der Waals surface area (Å²) in [6, 6.07) is 5.66. The number of aromatic nitrogens is 2. The Hall–Kier alpha value is -1.84. The molecule has 1 aromatic heterocycles. The molecule has 3 rings (SSSR count). The highest BCUT2D eigenvalue weighted by Gasteiger charge is 2.21. The summed E-state index contributed by atoms with van der Waals surface area (Å²) in [6.07, 6.45) is 4.85. The van der Waals surface area contributed by atoms with Gasteiger partial charge >= 0.3 is 5.97 Å². The van der Waals surface area contributed by atoms with Crippen molar-refractivity contribution in [2.24, 2.45) is 0 Å². The van der Waals surface area contributed by atoms with Gasteiger partial charge in [-0.25, -0.2) is 9.78 Å². The van der Waals surface area contributed by atoms with E-state index in [9.17, 15) is 4.79 Å². The molecule has 94 valence electrons. The molecule has 1 aliphatic carbocycles. The van der Waals surface area contributed by atoms with Crippen molar-refractivity contribution in [1.29, 1.82) is 0 Å². The van der Waals surface area contributed by atoms with Crippen LogP contribution in [0.25, 0.3) is 11.0 Å². The quantitative estimate of drug-likeness (QED) is 0.882.